The fourth-order valence-electron chi connectivity index (χ4n) is 2.74. The van der Waals surface area contributed by atoms with Crippen molar-refractivity contribution in [3.63, 3.8) is 0 Å². The summed E-state index contributed by atoms with van der Waals surface area (Å²) in [5.74, 6) is 0.916. The summed E-state index contributed by atoms with van der Waals surface area (Å²) in [5.41, 5.74) is 0. The zero-order chi connectivity index (χ0) is 15.5. The van der Waals surface area contributed by atoms with Crippen molar-refractivity contribution in [3.8, 4) is 0 Å². The van der Waals surface area contributed by atoms with Crippen LogP contribution in [0.4, 0.5) is 0 Å². The average molecular weight is 298 g/mol. The lowest BCUT2D eigenvalue weighted by Gasteiger charge is -2.38. The van der Waals surface area contributed by atoms with Crippen molar-refractivity contribution in [1.82, 2.24) is 15.5 Å². The van der Waals surface area contributed by atoms with Gasteiger partial charge in [-0.3, -0.25) is 9.89 Å². The second-order valence-electron chi connectivity index (χ2n) is 5.95. The predicted molar refractivity (Wildman–Crippen MR) is 90.0 cm³/mol. The van der Waals surface area contributed by atoms with Gasteiger partial charge in [0.25, 0.3) is 0 Å². The first-order valence-electron chi connectivity index (χ1n) is 8.47. The summed E-state index contributed by atoms with van der Waals surface area (Å²) in [7, 11) is 1.84. The Morgan fingerprint density at radius 1 is 1.33 bits per heavy atom. The van der Waals surface area contributed by atoms with Crippen molar-refractivity contribution in [1.29, 1.82) is 0 Å². The second kappa shape index (κ2) is 10.9. The summed E-state index contributed by atoms with van der Waals surface area (Å²) in [5, 5.41) is 6.83. The summed E-state index contributed by atoms with van der Waals surface area (Å²) < 4.78 is 5.50. The fraction of sp³-hybridized carbons (Fsp3) is 0.938. The van der Waals surface area contributed by atoms with E-state index in [9.17, 15) is 0 Å². The van der Waals surface area contributed by atoms with Crippen LogP contribution >= 0.6 is 0 Å². The van der Waals surface area contributed by atoms with Crippen molar-refractivity contribution in [3.05, 3.63) is 0 Å². The van der Waals surface area contributed by atoms with Gasteiger partial charge in [0.15, 0.2) is 5.96 Å². The smallest absolute Gasteiger partial charge is 0.191 e. The molecule has 0 amide bonds. The lowest BCUT2D eigenvalue weighted by atomic mass is 10.2. The van der Waals surface area contributed by atoms with Crippen LogP contribution in [0.1, 0.15) is 46.5 Å². The standard InChI is InChI=1S/C16H34N4O/c1-5-6-7-8-9-18-16(17-4)19-12-14(2)20-10-11-21-13-15(20)3/h14-15H,5-13H2,1-4H3,(H2,17,18,19). The van der Waals surface area contributed by atoms with Gasteiger partial charge < -0.3 is 15.4 Å². The van der Waals surface area contributed by atoms with E-state index in [1.54, 1.807) is 0 Å². The summed E-state index contributed by atoms with van der Waals surface area (Å²) >= 11 is 0. The Labute approximate surface area is 130 Å². The van der Waals surface area contributed by atoms with E-state index in [1.165, 1.54) is 25.7 Å². The first-order chi connectivity index (χ1) is 10.2. The van der Waals surface area contributed by atoms with Crippen molar-refractivity contribution in [2.24, 2.45) is 4.99 Å². The van der Waals surface area contributed by atoms with E-state index in [0.29, 0.717) is 12.1 Å². The van der Waals surface area contributed by atoms with Gasteiger partial charge in [-0.2, -0.15) is 0 Å². The van der Waals surface area contributed by atoms with Crippen LogP contribution in [0.5, 0.6) is 0 Å². The van der Waals surface area contributed by atoms with Gasteiger partial charge in [0, 0.05) is 38.8 Å². The highest BCUT2D eigenvalue weighted by atomic mass is 16.5. The van der Waals surface area contributed by atoms with Gasteiger partial charge in [-0.1, -0.05) is 26.2 Å². The zero-order valence-electron chi connectivity index (χ0n) is 14.3. The maximum absolute atomic E-state index is 5.50. The van der Waals surface area contributed by atoms with E-state index in [0.717, 1.165) is 38.8 Å². The molecule has 0 aromatic rings. The Balaban J connectivity index is 2.21. The first-order valence-corrected chi connectivity index (χ1v) is 8.47. The molecular weight excluding hydrogens is 264 g/mol. The van der Waals surface area contributed by atoms with E-state index >= 15 is 0 Å². The lowest BCUT2D eigenvalue weighted by Crippen LogP contribution is -2.53. The minimum absolute atomic E-state index is 0.488. The van der Waals surface area contributed by atoms with Crippen LogP contribution in [-0.4, -0.2) is 62.8 Å². The zero-order valence-corrected chi connectivity index (χ0v) is 14.3. The number of unbranched alkanes of at least 4 members (excludes halogenated alkanes) is 3. The molecule has 1 aliphatic heterocycles. The van der Waals surface area contributed by atoms with Gasteiger partial charge in [0.1, 0.15) is 0 Å². The molecule has 2 atom stereocenters. The van der Waals surface area contributed by atoms with Gasteiger partial charge >= 0.3 is 0 Å². The fourth-order valence-corrected chi connectivity index (χ4v) is 2.74. The molecule has 2 N–H and O–H groups in total. The second-order valence-corrected chi connectivity index (χ2v) is 5.95. The molecule has 5 heteroatoms. The lowest BCUT2D eigenvalue weighted by molar-refractivity contribution is -0.0174. The van der Waals surface area contributed by atoms with Crippen molar-refractivity contribution < 1.29 is 4.74 Å². The number of ether oxygens (including phenoxy) is 1. The maximum atomic E-state index is 5.50. The van der Waals surface area contributed by atoms with E-state index in [4.69, 9.17) is 4.74 Å². The number of nitrogens with one attached hydrogen (secondary N) is 2. The molecule has 0 aromatic heterocycles. The molecule has 2 unspecified atom stereocenters. The Kier molecular flexibility index (Phi) is 9.42. The average Bonchev–Trinajstić information content (AvgIpc) is 2.50. The summed E-state index contributed by atoms with van der Waals surface area (Å²) in [6.45, 7) is 11.4. The molecule has 21 heavy (non-hydrogen) atoms. The largest absolute Gasteiger partial charge is 0.379 e. The van der Waals surface area contributed by atoms with E-state index in [-0.39, 0.29) is 0 Å². The third kappa shape index (κ3) is 7.14. The Morgan fingerprint density at radius 2 is 2.14 bits per heavy atom. The van der Waals surface area contributed by atoms with Crippen LogP contribution in [0, 0.1) is 0 Å². The third-order valence-corrected chi connectivity index (χ3v) is 4.10. The number of morpholine rings is 1. The first kappa shape index (κ1) is 18.2. The highest BCUT2D eigenvalue weighted by molar-refractivity contribution is 5.79. The van der Waals surface area contributed by atoms with Crippen molar-refractivity contribution in [2.45, 2.75) is 58.5 Å². The summed E-state index contributed by atoms with van der Waals surface area (Å²) in [6, 6.07) is 0.988. The molecule has 0 aliphatic carbocycles. The molecule has 0 saturated carbocycles. The number of rotatable bonds is 8. The molecule has 5 nitrogen and oxygen atoms in total. The SMILES string of the molecule is CCCCCCNC(=NC)NCC(C)N1CCOCC1C. The van der Waals surface area contributed by atoms with Gasteiger partial charge in [-0.05, 0) is 20.3 Å². The maximum Gasteiger partial charge on any atom is 0.191 e. The van der Waals surface area contributed by atoms with E-state index < -0.39 is 0 Å². The molecule has 124 valence electrons. The summed E-state index contributed by atoms with van der Waals surface area (Å²) in [6.07, 6.45) is 5.11. The van der Waals surface area contributed by atoms with E-state index in [2.05, 4.69) is 41.3 Å². The molecule has 0 spiro atoms. The third-order valence-electron chi connectivity index (χ3n) is 4.10. The number of aliphatic imine (C=N–C) groups is 1. The molecule has 0 aromatic carbocycles. The topological polar surface area (TPSA) is 48.9 Å². The molecule has 1 fully saturated rings. The van der Waals surface area contributed by atoms with Crippen molar-refractivity contribution in [2.75, 3.05) is 39.9 Å². The Hall–Kier alpha value is -0.810. The van der Waals surface area contributed by atoms with Crippen LogP contribution in [0.2, 0.25) is 0 Å². The number of nitrogens with zero attached hydrogens (tertiary/aromatic N) is 2. The predicted octanol–water partition coefficient (Wildman–Crippen LogP) is 1.84. The van der Waals surface area contributed by atoms with Crippen LogP contribution < -0.4 is 10.6 Å². The number of hydrogen-bond acceptors (Lipinski definition) is 3. The van der Waals surface area contributed by atoms with Gasteiger partial charge in [0.05, 0.1) is 13.2 Å². The quantitative estimate of drug-likeness (QED) is 0.408. The van der Waals surface area contributed by atoms with Gasteiger partial charge in [-0.25, -0.2) is 0 Å². The molecule has 1 saturated heterocycles. The highest BCUT2D eigenvalue weighted by Gasteiger charge is 2.23. The van der Waals surface area contributed by atoms with E-state index in [1.807, 2.05) is 7.05 Å². The Morgan fingerprint density at radius 3 is 2.81 bits per heavy atom. The van der Waals surface area contributed by atoms with Gasteiger partial charge in [-0.15, -0.1) is 0 Å². The van der Waals surface area contributed by atoms with Crippen LogP contribution in [0.25, 0.3) is 0 Å². The summed E-state index contributed by atoms with van der Waals surface area (Å²) in [4.78, 5) is 6.80. The molecule has 1 rings (SSSR count). The molecule has 1 aliphatic rings. The number of hydrogen-bond donors (Lipinski definition) is 2. The highest BCUT2D eigenvalue weighted by Crippen LogP contribution is 2.09. The van der Waals surface area contributed by atoms with Crippen LogP contribution in [0.15, 0.2) is 4.99 Å². The molecule has 0 radical (unpaired) electrons. The molecule has 1 heterocycles. The Bertz CT molecular complexity index is 296. The van der Waals surface area contributed by atoms with Crippen LogP contribution in [-0.2, 0) is 4.74 Å². The van der Waals surface area contributed by atoms with Gasteiger partial charge in [0.2, 0.25) is 0 Å². The van der Waals surface area contributed by atoms with Crippen molar-refractivity contribution >= 4 is 5.96 Å². The minimum Gasteiger partial charge on any atom is -0.379 e. The van der Waals surface area contributed by atoms with Crippen LogP contribution in [0.3, 0.4) is 0 Å². The molecule has 0 bridgehead atoms. The number of guanidine groups is 1. The monoisotopic (exact) mass is 298 g/mol. The normalized spacial score (nSPS) is 22.1. The molecular formula is C16H34N4O. The minimum atomic E-state index is 0.488.